The highest BCUT2D eigenvalue weighted by Crippen LogP contribution is 2.24. The molecule has 1 heterocycles. The first-order valence-corrected chi connectivity index (χ1v) is 8.10. The molecule has 2 rings (SSSR count). The van der Waals surface area contributed by atoms with Crippen LogP contribution in [0.2, 0.25) is 0 Å². The van der Waals surface area contributed by atoms with Crippen LogP contribution in [0.3, 0.4) is 0 Å². The molecule has 0 radical (unpaired) electrons. The number of anilines is 1. The van der Waals surface area contributed by atoms with E-state index in [1.807, 2.05) is 42.3 Å². The van der Waals surface area contributed by atoms with Crippen LogP contribution in [0, 0.1) is 22.7 Å². The molecule has 0 saturated carbocycles. The maximum atomic E-state index is 11.9. The number of nitrogens with zero attached hydrogens (tertiary/aromatic N) is 4. The van der Waals surface area contributed by atoms with Gasteiger partial charge in [0.2, 0.25) is 0 Å². The van der Waals surface area contributed by atoms with Gasteiger partial charge in [-0.15, -0.1) is 0 Å². The molecule has 0 fully saturated rings. The van der Waals surface area contributed by atoms with Crippen LogP contribution in [0.1, 0.15) is 12.0 Å². The Hall–Kier alpha value is -2.77. The molecule has 23 heavy (non-hydrogen) atoms. The van der Waals surface area contributed by atoms with Crippen LogP contribution < -0.4 is 10.5 Å². The standard InChI is InChI=1S/C16H15N5OS/c1-21(9-3-8-17)12-6-4-11(5-7-12)14-13(10-18)15(22)20-16(19-14)23-2/h4-7H,3,9H2,1-2H3,(H,19,20,22). The average Bonchev–Trinajstić information content (AvgIpc) is 2.59. The molecule has 0 bridgehead atoms. The third-order valence-corrected chi connectivity index (χ3v) is 3.92. The van der Waals surface area contributed by atoms with Gasteiger partial charge in [-0.25, -0.2) is 4.98 Å². The summed E-state index contributed by atoms with van der Waals surface area (Å²) in [7, 11) is 1.91. The highest BCUT2D eigenvalue weighted by Gasteiger charge is 2.13. The molecule has 7 heteroatoms. The fourth-order valence-electron chi connectivity index (χ4n) is 2.08. The van der Waals surface area contributed by atoms with Crippen LogP contribution in [-0.4, -0.2) is 29.8 Å². The molecule has 0 aliphatic rings. The Bertz CT molecular complexity index is 830. The van der Waals surface area contributed by atoms with Gasteiger partial charge in [0.05, 0.1) is 18.2 Å². The third-order valence-electron chi connectivity index (χ3n) is 3.34. The predicted molar refractivity (Wildman–Crippen MR) is 90.3 cm³/mol. The van der Waals surface area contributed by atoms with E-state index in [0.29, 0.717) is 29.4 Å². The Labute approximate surface area is 138 Å². The zero-order valence-corrected chi connectivity index (χ0v) is 13.6. The molecule has 6 nitrogen and oxygen atoms in total. The van der Waals surface area contributed by atoms with Gasteiger partial charge in [-0.1, -0.05) is 23.9 Å². The molecule has 0 spiro atoms. The van der Waals surface area contributed by atoms with Gasteiger partial charge in [0, 0.05) is 24.8 Å². The van der Waals surface area contributed by atoms with Gasteiger partial charge >= 0.3 is 0 Å². The number of benzene rings is 1. The lowest BCUT2D eigenvalue weighted by atomic mass is 10.1. The zero-order valence-electron chi connectivity index (χ0n) is 12.8. The first-order valence-electron chi connectivity index (χ1n) is 6.87. The molecule has 0 atom stereocenters. The first kappa shape index (κ1) is 16.6. The van der Waals surface area contributed by atoms with E-state index in [0.717, 1.165) is 5.69 Å². The summed E-state index contributed by atoms with van der Waals surface area (Å²) < 4.78 is 0. The van der Waals surface area contributed by atoms with Crippen molar-refractivity contribution in [2.45, 2.75) is 11.6 Å². The molecule has 1 aromatic carbocycles. The zero-order chi connectivity index (χ0) is 16.8. The van der Waals surface area contributed by atoms with E-state index in [1.165, 1.54) is 11.8 Å². The van der Waals surface area contributed by atoms with Crippen LogP contribution >= 0.6 is 11.8 Å². The molecule has 1 N–H and O–H groups in total. The maximum Gasteiger partial charge on any atom is 0.270 e. The summed E-state index contributed by atoms with van der Waals surface area (Å²) in [4.78, 5) is 20.8. The van der Waals surface area contributed by atoms with E-state index in [4.69, 9.17) is 5.26 Å². The summed E-state index contributed by atoms with van der Waals surface area (Å²) >= 11 is 1.31. The van der Waals surface area contributed by atoms with Gasteiger partial charge in [-0.2, -0.15) is 10.5 Å². The lowest BCUT2D eigenvalue weighted by Gasteiger charge is -2.18. The Morgan fingerprint density at radius 2 is 2.00 bits per heavy atom. The molecule has 116 valence electrons. The lowest BCUT2D eigenvalue weighted by molar-refractivity contribution is 0.905. The molecule has 2 aromatic rings. The largest absolute Gasteiger partial charge is 0.374 e. The average molecular weight is 325 g/mol. The number of H-pyrrole nitrogens is 1. The minimum atomic E-state index is -0.433. The second-order valence-electron chi connectivity index (χ2n) is 4.79. The van der Waals surface area contributed by atoms with Crippen molar-refractivity contribution in [2.24, 2.45) is 0 Å². The predicted octanol–water partition coefficient (Wildman–Crippen LogP) is 2.38. The van der Waals surface area contributed by atoms with Crippen molar-refractivity contribution in [3.63, 3.8) is 0 Å². The van der Waals surface area contributed by atoms with Crippen LogP contribution in [0.25, 0.3) is 11.3 Å². The number of hydrogen-bond donors (Lipinski definition) is 1. The number of nitriles is 2. The normalized spacial score (nSPS) is 9.91. The van der Waals surface area contributed by atoms with Crippen molar-refractivity contribution in [3.8, 4) is 23.4 Å². The number of aromatic nitrogens is 2. The summed E-state index contributed by atoms with van der Waals surface area (Å²) in [6, 6.07) is 11.4. The topological polar surface area (TPSA) is 96.6 Å². The summed E-state index contributed by atoms with van der Waals surface area (Å²) in [5.41, 5.74) is 1.62. The van der Waals surface area contributed by atoms with Gasteiger partial charge in [-0.05, 0) is 18.4 Å². The van der Waals surface area contributed by atoms with E-state index < -0.39 is 5.56 Å². The maximum absolute atomic E-state index is 11.9. The molecular formula is C16H15N5OS. The van der Waals surface area contributed by atoms with Gasteiger partial charge in [-0.3, -0.25) is 4.79 Å². The lowest BCUT2D eigenvalue weighted by Crippen LogP contribution is -2.18. The number of rotatable bonds is 5. The minimum absolute atomic E-state index is 0.00776. The van der Waals surface area contributed by atoms with Crippen molar-refractivity contribution in [3.05, 3.63) is 40.2 Å². The van der Waals surface area contributed by atoms with Crippen molar-refractivity contribution in [1.29, 1.82) is 10.5 Å². The molecule has 0 aliphatic carbocycles. The van der Waals surface area contributed by atoms with E-state index >= 15 is 0 Å². The number of nitrogens with one attached hydrogen (secondary N) is 1. The van der Waals surface area contributed by atoms with Crippen molar-refractivity contribution in [2.75, 3.05) is 24.7 Å². The van der Waals surface area contributed by atoms with E-state index in [2.05, 4.69) is 16.0 Å². The van der Waals surface area contributed by atoms with E-state index in [-0.39, 0.29) is 5.56 Å². The molecular weight excluding hydrogens is 310 g/mol. The highest BCUT2D eigenvalue weighted by atomic mass is 32.2. The number of hydrogen-bond acceptors (Lipinski definition) is 6. The quantitative estimate of drug-likeness (QED) is 0.669. The Kier molecular flexibility index (Phi) is 5.40. The first-order chi connectivity index (χ1) is 11.1. The second-order valence-corrected chi connectivity index (χ2v) is 5.58. The van der Waals surface area contributed by atoms with Crippen molar-refractivity contribution in [1.82, 2.24) is 9.97 Å². The van der Waals surface area contributed by atoms with E-state index in [9.17, 15) is 10.1 Å². The molecule has 0 aliphatic heterocycles. The van der Waals surface area contributed by atoms with Crippen LogP contribution in [0.15, 0.2) is 34.2 Å². The van der Waals surface area contributed by atoms with Crippen molar-refractivity contribution < 1.29 is 0 Å². The smallest absolute Gasteiger partial charge is 0.270 e. The fourth-order valence-corrected chi connectivity index (χ4v) is 2.46. The summed E-state index contributed by atoms with van der Waals surface area (Å²) in [6.07, 6.45) is 2.25. The monoisotopic (exact) mass is 325 g/mol. The van der Waals surface area contributed by atoms with Crippen molar-refractivity contribution >= 4 is 17.4 Å². The second kappa shape index (κ2) is 7.48. The summed E-state index contributed by atoms with van der Waals surface area (Å²) in [5, 5.41) is 18.3. The highest BCUT2D eigenvalue weighted by molar-refractivity contribution is 7.98. The van der Waals surface area contributed by atoms with Crippen LogP contribution in [0.5, 0.6) is 0 Å². The Balaban J connectivity index is 2.40. The fraction of sp³-hybridized carbons (Fsp3) is 0.250. The molecule has 0 saturated heterocycles. The van der Waals surface area contributed by atoms with Gasteiger partial charge in [0.25, 0.3) is 5.56 Å². The Morgan fingerprint density at radius 1 is 1.30 bits per heavy atom. The molecule has 0 unspecified atom stereocenters. The van der Waals surface area contributed by atoms with Crippen LogP contribution in [0.4, 0.5) is 5.69 Å². The number of aromatic amines is 1. The molecule has 0 amide bonds. The molecule has 1 aromatic heterocycles. The summed E-state index contributed by atoms with van der Waals surface area (Å²) in [6.45, 7) is 0.638. The van der Waals surface area contributed by atoms with Gasteiger partial charge < -0.3 is 9.88 Å². The van der Waals surface area contributed by atoms with Crippen LogP contribution in [-0.2, 0) is 0 Å². The third kappa shape index (κ3) is 3.71. The van der Waals surface area contributed by atoms with Gasteiger partial charge in [0.15, 0.2) is 5.16 Å². The summed E-state index contributed by atoms with van der Waals surface area (Å²) in [5.74, 6) is 0. The minimum Gasteiger partial charge on any atom is -0.374 e. The SMILES string of the molecule is CSc1nc(-c2ccc(N(C)CCC#N)cc2)c(C#N)c(=O)[nH]1. The van der Waals surface area contributed by atoms with E-state index in [1.54, 1.807) is 6.26 Å². The Morgan fingerprint density at radius 3 is 2.57 bits per heavy atom. The number of thioether (sulfide) groups is 1. The van der Waals surface area contributed by atoms with Gasteiger partial charge in [0.1, 0.15) is 11.6 Å².